The van der Waals surface area contributed by atoms with Gasteiger partial charge in [-0.2, -0.15) is 0 Å². The highest BCUT2D eigenvalue weighted by Crippen LogP contribution is 2.43. The molecule has 0 aromatic heterocycles. The predicted molar refractivity (Wildman–Crippen MR) is 247 cm³/mol. The van der Waals surface area contributed by atoms with Crippen molar-refractivity contribution in [3.63, 3.8) is 0 Å². The third-order valence-corrected chi connectivity index (χ3v) is 11.2. The molecule has 59 heavy (non-hydrogen) atoms. The number of ether oxygens (including phenoxy) is 2. The summed E-state index contributed by atoms with van der Waals surface area (Å²) in [6, 6.07) is 0. The molecule has 0 radical (unpaired) electrons. The van der Waals surface area contributed by atoms with Crippen LogP contribution in [0.25, 0.3) is 0 Å². The second-order valence-corrected chi connectivity index (χ2v) is 17.4. The van der Waals surface area contributed by atoms with Crippen LogP contribution in [-0.2, 0) is 32.7 Å². The Morgan fingerprint density at radius 3 is 1.39 bits per heavy atom. The van der Waals surface area contributed by atoms with Crippen molar-refractivity contribution in [2.24, 2.45) is 5.73 Å². The van der Waals surface area contributed by atoms with Gasteiger partial charge in [0.15, 0.2) is 6.10 Å². The summed E-state index contributed by atoms with van der Waals surface area (Å²) in [5.41, 5.74) is 5.35. The summed E-state index contributed by atoms with van der Waals surface area (Å²) in [6.07, 6.45) is 53.1. The van der Waals surface area contributed by atoms with E-state index >= 15 is 0 Å². The van der Waals surface area contributed by atoms with Crippen molar-refractivity contribution in [1.82, 2.24) is 0 Å². The molecule has 2 unspecified atom stereocenters. The number of hydrogen-bond acceptors (Lipinski definition) is 8. The van der Waals surface area contributed by atoms with Gasteiger partial charge < -0.3 is 20.1 Å². The Bertz CT molecular complexity index is 1110. The summed E-state index contributed by atoms with van der Waals surface area (Å²) in [7, 11) is -4.39. The van der Waals surface area contributed by atoms with E-state index in [1.807, 2.05) is 0 Å². The number of hydrogen-bond donors (Lipinski definition) is 2. The first-order valence-corrected chi connectivity index (χ1v) is 25.6. The molecule has 2 atom stereocenters. The highest BCUT2D eigenvalue weighted by Gasteiger charge is 2.26. The molecule has 9 nitrogen and oxygen atoms in total. The van der Waals surface area contributed by atoms with Crippen LogP contribution in [0, 0.1) is 0 Å². The average Bonchev–Trinajstić information content (AvgIpc) is 3.22. The molecule has 0 aromatic carbocycles. The Kier molecular flexibility index (Phi) is 43.9. The molecule has 0 amide bonds. The summed E-state index contributed by atoms with van der Waals surface area (Å²) in [5, 5.41) is 0. The quantitative estimate of drug-likeness (QED) is 0.0266. The fourth-order valence-electron chi connectivity index (χ4n) is 6.69. The first-order chi connectivity index (χ1) is 28.8. The zero-order valence-electron chi connectivity index (χ0n) is 38.0. The topological polar surface area (TPSA) is 134 Å². The van der Waals surface area contributed by atoms with Crippen molar-refractivity contribution in [2.75, 3.05) is 26.4 Å². The van der Waals surface area contributed by atoms with E-state index in [-0.39, 0.29) is 38.6 Å². The summed E-state index contributed by atoms with van der Waals surface area (Å²) in [5.74, 6) is -0.871. The van der Waals surface area contributed by atoms with Crippen molar-refractivity contribution < 1.29 is 37.6 Å². The maximum absolute atomic E-state index is 12.6. The lowest BCUT2D eigenvalue weighted by Gasteiger charge is -2.19. The Balaban J connectivity index is 4.05. The van der Waals surface area contributed by atoms with Crippen molar-refractivity contribution in [2.45, 2.75) is 225 Å². The molecule has 0 aliphatic heterocycles. The number of phosphoric ester groups is 1. The number of carbonyl (C=O) groups excluding carboxylic acids is 2. The number of esters is 2. The fourth-order valence-corrected chi connectivity index (χ4v) is 7.45. The normalized spacial score (nSPS) is 13.6. The molecule has 0 saturated heterocycles. The van der Waals surface area contributed by atoms with Gasteiger partial charge in [-0.25, -0.2) is 4.57 Å². The van der Waals surface area contributed by atoms with Gasteiger partial charge in [0, 0.05) is 19.4 Å². The van der Waals surface area contributed by atoms with Gasteiger partial charge in [0.05, 0.1) is 13.2 Å². The minimum absolute atomic E-state index is 0.0461. The van der Waals surface area contributed by atoms with Gasteiger partial charge in [0.1, 0.15) is 6.61 Å². The van der Waals surface area contributed by atoms with Gasteiger partial charge in [0.25, 0.3) is 0 Å². The Morgan fingerprint density at radius 2 is 0.932 bits per heavy atom. The molecule has 0 fully saturated rings. The van der Waals surface area contributed by atoms with Gasteiger partial charge in [-0.1, -0.05) is 204 Å². The van der Waals surface area contributed by atoms with Crippen molar-refractivity contribution in [1.29, 1.82) is 0 Å². The van der Waals surface area contributed by atoms with Crippen LogP contribution in [0.1, 0.15) is 219 Å². The highest BCUT2D eigenvalue weighted by molar-refractivity contribution is 7.47. The van der Waals surface area contributed by atoms with Crippen LogP contribution in [0.5, 0.6) is 0 Å². The number of rotatable bonds is 45. The molecule has 0 aromatic rings. The standard InChI is InChI=1S/C49H90NO8P/c1-3-5-7-9-11-13-15-17-19-20-21-22-23-24-25-26-28-29-31-33-35-37-39-41-48(51)55-45-47(46-57-59(53,54)56-44-43-50)58-49(52)42-40-38-36-34-32-30-27-18-16-14-12-10-8-6-4-2/h6,8,12,14,18,27,32,34,47H,3-5,7,9-11,13,15-17,19-26,28-31,33,35-46,50H2,1-2H3,(H,53,54)/b8-6-,14-12-,27-18-,34-32-. The van der Waals surface area contributed by atoms with Crippen LogP contribution < -0.4 is 5.73 Å². The average molecular weight is 852 g/mol. The van der Waals surface area contributed by atoms with E-state index in [1.54, 1.807) is 0 Å². The Labute approximate surface area is 362 Å². The lowest BCUT2D eigenvalue weighted by Crippen LogP contribution is -2.29. The first-order valence-electron chi connectivity index (χ1n) is 24.1. The molecule has 0 aliphatic carbocycles. The predicted octanol–water partition coefficient (Wildman–Crippen LogP) is 14.3. The maximum atomic E-state index is 12.6. The molecular formula is C49H90NO8P. The molecule has 0 bridgehead atoms. The number of nitrogens with two attached hydrogens (primary N) is 1. The van der Waals surface area contributed by atoms with Crippen LogP contribution in [0.2, 0.25) is 0 Å². The molecular weight excluding hydrogens is 762 g/mol. The van der Waals surface area contributed by atoms with E-state index < -0.39 is 26.5 Å². The molecule has 3 N–H and O–H groups in total. The number of phosphoric acid groups is 1. The van der Waals surface area contributed by atoms with E-state index in [0.29, 0.717) is 6.42 Å². The van der Waals surface area contributed by atoms with Crippen LogP contribution in [0.3, 0.4) is 0 Å². The van der Waals surface area contributed by atoms with E-state index in [4.69, 9.17) is 24.3 Å². The van der Waals surface area contributed by atoms with E-state index in [1.165, 1.54) is 128 Å². The van der Waals surface area contributed by atoms with E-state index in [9.17, 15) is 19.0 Å². The fraction of sp³-hybridized carbons (Fsp3) is 0.796. The maximum Gasteiger partial charge on any atom is 0.472 e. The number of unbranched alkanes of at least 4 members (excludes halogenated alkanes) is 24. The Morgan fingerprint density at radius 1 is 0.525 bits per heavy atom. The summed E-state index contributed by atoms with van der Waals surface area (Å²) in [6.45, 7) is 3.59. The minimum atomic E-state index is -4.39. The summed E-state index contributed by atoms with van der Waals surface area (Å²) in [4.78, 5) is 34.9. The second-order valence-electron chi connectivity index (χ2n) is 16.0. The van der Waals surface area contributed by atoms with Gasteiger partial charge >= 0.3 is 19.8 Å². The van der Waals surface area contributed by atoms with E-state index in [0.717, 1.165) is 57.8 Å². The van der Waals surface area contributed by atoms with Gasteiger partial charge in [-0.15, -0.1) is 0 Å². The highest BCUT2D eigenvalue weighted by atomic mass is 31.2. The number of allylic oxidation sites excluding steroid dienone is 8. The van der Waals surface area contributed by atoms with Crippen molar-refractivity contribution in [3.8, 4) is 0 Å². The summed E-state index contributed by atoms with van der Waals surface area (Å²) < 4.78 is 32.8. The molecule has 0 aliphatic rings. The van der Waals surface area contributed by atoms with Crippen molar-refractivity contribution in [3.05, 3.63) is 48.6 Å². The zero-order valence-corrected chi connectivity index (χ0v) is 38.9. The largest absolute Gasteiger partial charge is 0.472 e. The zero-order chi connectivity index (χ0) is 43.2. The molecule has 10 heteroatoms. The molecule has 0 saturated carbocycles. The third kappa shape index (κ3) is 45.3. The molecule has 0 heterocycles. The molecule has 0 spiro atoms. The van der Waals surface area contributed by atoms with Crippen LogP contribution in [-0.4, -0.2) is 49.3 Å². The van der Waals surface area contributed by atoms with Crippen LogP contribution >= 0.6 is 7.82 Å². The van der Waals surface area contributed by atoms with Gasteiger partial charge in [-0.3, -0.25) is 18.6 Å². The lowest BCUT2D eigenvalue weighted by atomic mass is 10.0. The summed E-state index contributed by atoms with van der Waals surface area (Å²) >= 11 is 0. The SMILES string of the molecule is CC/C=C\C/C=C\C/C=C\C/C=C\CCCCC(=O)OC(COC(=O)CCCCCCCCCCCCCCCCCCCCCCCCC)COP(=O)(O)OCCN. The number of carbonyl (C=O) groups is 2. The van der Waals surface area contributed by atoms with Gasteiger partial charge in [-0.05, 0) is 51.4 Å². The van der Waals surface area contributed by atoms with Crippen LogP contribution in [0.15, 0.2) is 48.6 Å². The third-order valence-electron chi connectivity index (χ3n) is 10.2. The lowest BCUT2D eigenvalue weighted by molar-refractivity contribution is -0.161. The first kappa shape index (κ1) is 57.0. The van der Waals surface area contributed by atoms with Gasteiger partial charge in [0.2, 0.25) is 0 Å². The monoisotopic (exact) mass is 852 g/mol. The Hall–Kier alpha value is -2.03. The van der Waals surface area contributed by atoms with Crippen molar-refractivity contribution >= 4 is 19.8 Å². The molecule has 344 valence electrons. The molecule has 0 rings (SSSR count). The smallest absolute Gasteiger partial charge is 0.462 e. The van der Waals surface area contributed by atoms with Crippen LogP contribution in [0.4, 0.5) is 0 Å². The minimum Gasteiger partial charge on any atom is -0.462 e. The van der Waals surface area contributed by atoms with E-state index in [2.05, 4.69) is 62.5 Å². The second kappa shape index (κ2) is 45.5.